The first-order chi connectivity index (χ1) is 24.6. The Labute approximate surface area is 296 Å². The number of phenolic OH excluding ortho intramolecular Hbond substituents is 1. The summed E-state index contributed by atoms with van der Waals surface area (Å²) in [4.78, 5) is 34.5. The number of hydrogen-bond donors (Lipinski definition) is 1. The number of likely N-dealkylation sites (N-methyl/N-ethyl adjacent to an activating group) is 1. The number of aromatic hydroxyl groups is 1. The molecule has 51 heavy (non-hydrogen) atoms. The van der Waals surface area contributed by atoms with E-state index < -0.39 is 17.5 Å². The van der Waals surface area contributed by atoms with Gasteiger partial charge in [-0.1, -0.05) is 18.6 Å². The Bertz CT molecular complexity index is 2020. The first kappa shape index (κ1) is 34.0. The Morgan fingerprint density at radius 1 is 1.24 bits per heavy atom. The maximum Gasteiger partial charge on any atom is 0.318 e. The molecule has 3 aliphatic rings. The average Bonchev–Trinajstić information content (AvgIpc) is 3.72. The highest BCUT2D eigenvalue weighted by molar-refractivity contribution is 6.00. The number of terminal acetylenes is 1. The molecule has 2 fully saturated rings. The van der Waals surface area contributed by atoms with Crippen LogP contribution in [0.4, 0.5) is 26.0 Å². The molecule has 10 nitrogen and oxygen atoms in total. The van der Waals surface area contributed by atoms with Gasteiger partial charge in [-0.2, -0.15) is 9.97 Å². The molecule has 1 N–H and O–H groups in total. The number of amides is 1. The van der Waals surface area contributed by atoms with Crippen molar-refractivity contribution in [3.63, 3.8) is 0 Å². The molecular formula is C39H41F2N7O3. The van der Waals surface area contributed by atoms with Crippen LogP contribution in [-0.4, -0.2) is 88.5 Å². The van der Waals surface area contributed by atoms with Crippen LogP contribution in [0, 0.1) is 18.2 Å². The van der Waals surface area contributed by atoms with E-state index in [1.54, 1.807) is 30.6 Å². The second-order valence-electron chi connectivity index (χ2n) is 13.9. The Kier molecular flexibility index (Phi) is 9.14. The van der Waals surface area contributed by atoms with Crippen molar-refractivity contribution in [1.29, 1.82) is 0 Å². The smallest absolute Gasteiger partial charge is 0.318 e. The summed E-state index contributed by atoms with van der Waals surface area (Å²) in [6, 6.07) is 9.95. The summed E-state index contributed by atoms with van der Waals surface area (Å²) in [5, 5.41) is 11.8. The quantitative estimate of drug-likeness (QED) is 0.182. The van der Waals surface area contributed by atoms with E-state index in [4.69, 9.17) is 21.1 Å². The number of halogens is 2. The van der Waals surface area contributed by atoms with Crippen LogP contribution in [0.3, 0.4) is 0 Å². The molecule has 3 aliphatic heterocycles. The fraction of sp³-hybridized carbons (Fsp3) is 0.385. The van der Waals surface area contributed by atoms with Crippen molar-refractivity contribution in [2.24, 2.45) is 0 Å². The van der Waals surface area contributed by atoms with Crippen LogP contribution in [0.15, 0.2) is 61.4 Å². The summed E-state index contributed by atoms with van der Waals surface area (Å²) in [7, 11) is 1.95. The Morgan fingerprint density at radius 2 is 2.04 bits per heavy atom. The number of phenols is 1. The predicted molar refractivity (Wildman–Crippen MR) is 193 cm³/mol. The molecule has 5 heterocycles. The molecule has 0 radical (unpaired) electrons. The van der Waals surface area contributed by atoms with E-state index in [0.29, 0.717) is 60.6 Å². The van der Waals surface area contributed by atoms with E-state index in [0.717, 1.165) is 24.1 Å². The van der Waals surface area contributed by atoms with Gasteiger partial charge in [0.25, 0.3) is 0 Å². The van der Waals surface area contributed by atoms with Gasteiger partial charge in [-0.05, 0) is 61.9 Å². The number of nitrogens with zero attached hydrogens (tertiary/aromatic N) is 7. The van der Waals surface area contributed by atoms with Crippen molar-refractivity contribution in [3.05, 3.63) is 84.1 Å². The van der Waals surface area contributed by atoms with Gasteiger partial charge in [-0.3, -0.25) is 9.78 Å². The van der Waals surface area contributed by atoms with Crippen LogP contribution in [0.1, 0.15) is 43.0 Å². The molecule has 0 unspecified atom stereocenters. The molecule has 2 aromatic carbocycles. The van der Waals surface area contributed by atoms with Gasteiger partial charge in [0.15, 0.2) is 0 Å². The summed E-state index contributed by atoms with van der Waals surface area (Å²) in [5.41, 5.74) is 2.55. The van der Waals surface area contributed by atoms with Crippen LogP contribution in [0.5, 0.6) is 11.8 Å². The summed E-state index contributed by atoms with van der Waals surface area (Å²) in [5.74, 6) is 2.63. The van der Waals surface area contributed by atoms with Gasteiger partial charge in [-0.25, -0.2) is 8.78 Å². The molecule has 2 aromatic heterocycles. The zero-order chi connectivity index (χ0) is 35.9. The topological polar surface area (TPSA) is 98.2 Å². The number of fused-ring (bicyclic) bond motifs is 2. The van der Waals surface area contributed by atoms with E-state index in [2.05, 4.69) is 22.4 Å². The lowest BCUT2D eigenvalue weighted by Gasteiger charge is -2.37. The molecule has 3 atom stereocenters. The number of carbonyl (C=O) groups excluding carboxylic acids is 1. The van der Waals surface area contributed by atoms with Gasteiger partial charge in [0.2, 0.25) is 5.91 Å². The van der Waals surface area contributed by atoms with E-state index in [9.17, 15) is 18.7 Å². The predicted octanol–water partition coefficient (Wildman–Crippen LogP) is 5.41. The van der Waals surface area contributed by atoms with E-state index >= 15 is 0 Å². The first-order valence-corrected chi connectivity index (χ1v) is 17.2. The molecule has 0 saturated carbocycles. The number of benzene rings is 2. The van der Waals surface area contributed by atoms with Crippen molar-refractivity contribution in [2.75, 3.05) is 54.5 Å². The van der Waals surface area contributed by atoms with Crippen molar-refractivity contribution in [2.45, 2.75) is 56.9 Å². The van der Waals surface area contributed by atoms with Crippen LogP contribution in [0.2, 0.25) is 0 Å². The fourth-order valence-corrected chi connectivity index (χ4v) is 7.97. The Balaban J connectivity index is 1.24. The molecule has 1 amide bonds. The molecule has 0 aliphatic carbocycles. The molecule has 4 aromatic rings. The Hall–Kier alpha value is -5.44. The minimum absolute atomic E-state index is 0.0147. The number of rotatable bonds is 9. The van der Waals surface area contributed by atoms with Crippen LogP contribution >= 0.6 is 0 Å². The zero-order valence-electron chi connectivity index (χ0n) is 28.9. The normalized spacial score (nSPS) is 21.4. The number of aromatic nitrogens is 3. The molecule has 2 saturated heterocycles. The van der Waals surface area contributed by atoms with Crippen LogP contribution in [-0.2, 0) is 17.8 Å². The third-order valence-corrected chi connectivity index (χ3v) is 10.4. The lowest BCUT2D eigenvalue weighted by Crippen LogP contribution is -2.46. The van der Waals surface area contributed by atoms with E-state index in [1.165, 1.54) is 12.1 Å². The van der Waals surface area contributed by atoms with Gasteiger partial charge in [0.1, 0.15) is 30.2 Å². The lowest BCUT2D eigenvalue weighted by molar-refractivity contribution is -0.126. The minimum Gasteiger partial charge on any atom is -0.508 e. The first-order valence-electron chi connectivity index (χ1n) is 17.2. The van der Waals surface area contributed by atoms with E-state index in [1.807, 2.05) is 40.8 Å². The number of likely N-dealkylation sites (tertiary alicyclic amines) is 1. The molecule has 264 valence electrons. The monoisotopic (exact) mass is 693 g/mol. The fourth-order valence-electron chi connectivity index (χ4n) is 7.97. The Morgan fingerprint density at radius 3 is 2.80 bits per heavy atom. The minimum atomic E-state index is -1.03. The van der Waals surface area contributed by atoms with Crippen molar-refractivity contribution in [3.8, 4) is 24.1 Å². The van der Waals surface area contributed by atoms with Gasteiger partial charge < -0.3 is 29.4 Å². The summed E-state index contributed by atoms with van der Waals surface area (Å²) >= 11 is 0. The van der Waals surface area contributed by atoms with Gasteiger partial charge in [-0.15, -0.1) is 6.42 Å². The summed E-state index contributed by atoms with van der Waals surface area (Å²) in [6.07, 6.45) is 12.1. The molecule has 12 heteroatoms. The standard InChI is InChI=1S/C39H41F2N7O3/c1-5-30-32(41)10-9-25-18-29(49)19-34(36(25)30)46-17-13-31-33(23-46)43-38(44-37(31)45(4)22-28-8-7-16-47(28)35(50)6-2)51-24-39(3)20-26(40)21-48(39)27-11-14-42-15-12-27/h1,6,9-12,14-15,18-19,26,28,49H,2,7-8,13,16-17,20-24H2,3-4H3/t26-,28+,39+/m1/s1. The van der Waals surface area contributed by atoms with Crippen molar-refractivity contribution >= 4 is 33.9 Å². The number of carbonyl (C=O) groups is 1. The van der Waals surface area contributed by atoms with Crippen molar-refractivity contribution in [1.82, 2.24) is 19.9 Å². The molecule has 0 bridgehead atoms. The number of ether oxygens (including phenoxy) is 1. The molecular weight excluding hydrogens is 652 g/mol. The number of hydrogen-bond acceptors (Lipinski definition) is 9. The number of alkyl halides is 1. The summed E-state index contributed by atoms with van der Waals surface area (Å²) < 4.78 is 36.3. The van der Waals surface area contributed by atoms with Crippen molar-refractivity contribution < 1.29 is 23.4 Å². The van der Waals surface area contributed by atoms with E-state index in [-0.39, 0.29) is 48.8 Å². The highest BCUT2D eigenvalue weighted by Crippen LogP contribution is 2.40. The third-order valence-electron chi connectivity index (χ3n) is 10.4. The number of pyridine rings is 1. The SMILES string of the molecule is C#Cc1c(F)ccc2cc(O)cc(N3CCc4c(nc(OC[C@]5(C)C[C@@H](F)CN5c5ccncc5)nc4N(C)C[C@@H]4CCCN4C(=O)C=C)C3)c12. The van der Waals surface area contributed by atoms with Crippen LogP contribution in [0.25, 0.3) is 10.8 Å². The maximum absolute atomic E-state index is 15.0. The largest absolute Gasteiger partial charge is 0.508 e. The molecule has 7 rings (SSSR count). The summed E-state index contributed by atoms with van der Waals surface area (Å²) in [6.45, 7) is 8.08. The number of anilines is 3. The maximum atomic E-state index is 15.0. The van der Waals surface area contributed by atoms with Gasteiger partial charge >= 0.3 is 6.01 Å². The van der Waals surface area contributed by atoms with Gasteiger partial charge in [0, 0.05) is 86.5 Å². The highest BCUT2D eigenvalue weighted by atomic mass is 19.1. The highest BCUT2D eigenvalue weighted by Gasteiger charge is 2.43. The zero-order valence-corrected chi connectivity index (χ0v) is 28.9. The second-order valence-corrected chi connectivity index (χ2v) is 13.9. The lowest BCUT2D eigenvalue weighted by atomic mass is 9.98. The van der Waals surface area contributed by atoms with Gasteiger partial charge in [0.05, 0.1) is 23.3 Å². The average molecular weight is 694 g/mol. The second kappa shape index (κ2) is 13.7. The molecule has 0 spiro atoms. The third kappa shape index (κ3) is 6.49. The van der Waals surface area contributed by atoms with Crippen LogP contribution < -0.4 is 19.4 Å².